The molecule has 0 aromatic rings. The molecule has 1 aliphatic rings. The molecule has 0 saturated carbocycles. The van der Waals surface area contributed by atoms with E-state index in [2.05, 4.69) is 5.32 Å². The maximum Gasteiger partial charge on any atom is 0.327 e. The van der Waals surface area contributed by atoms with Crippen molar-refractivity contribution in [1.82, 2.24) is 5.32 Å². The molecule has 1 amide bonds. The van der Waals surface area contributed by atoms with Crippen LogP contribution in [-0.4, -0.2) is 23.0 Å². The van der Waals surface area contributed by atoms with E-state index in [-0.39, 0.29) is 11.8 Å². The van der Waals surface area contributed by atoms with Gasteiger partial charge in [-0.15, -0.1) is 0 Å². The second-order valence-electron chi connectivity index (χ2n) is 3.45. The van der Waals surface area contributed by atoms with Gasteiger partial charge >= 0.3 is 5.97 Å². The third-order valence-electron chi connectivity index (χ3n) is 2.08. The summed E-state index contributed by atoms with van der Waals surface area (Å²) in [6, 6.07) is -0.692. The second-order valence-corrected chi connectivity index (χ2v) is 3.45. The molecule has 1 rings (SSSR count). The number of hydrogen-bond acceptors (Lipinski definition) is 2. The van der Waals surface area contributed by atoms with Crippen LogP contribution < -0.4 is 5.32 Å². The molecule has 0 aliphatic carbocycles. The lowest BCUT2D eigenvalue weighted by Gasteiger charge is -2.32. The van der Waals surface area contributed by atoms with Crippen LogP contribution in [0.3, 0.4) is 0 Å². The highest BCUT2D eigenvalue weighted by molar-refractivity contribution is 5.96. The predicted molar refractivity (Wildman–Crippen MR) is 47.1 cm³/mol. The van der Waals surface area contributed by atoms with Crippen LogP contribution in [-0.2, 0) is 9.59 Å². The van der Waals surface area contributed by atoms with Gasteiger partial charge < -0.3 is 10.4 Å². The summed E-state index contributed by atoms with van der Waals surface area (Å²) in [5.74, 6) is -1.50. The zero-order chi connectivity index (χ0) is 10.0. The van der Waals surface area contributed by atoms with Crippen molar-refractivity contribution in [3.63, 3.8) is 0 Å². The first kappa shape index (κ1) is 9.77. The summed E-state index contributed by atoms with van der Waals surface area (Å²) in [6.07, 6.45) is 2.41. The Morgan fingerprint density at radius 2 is 2.23 bits per heavy atom. The standard InChI is InChI=1S/C9H13NO3/c1-5(2)3-4-6-7(9(12)13)10-8(6)11/h3,6-7H,4H2,1-2H3,(H,10,11)(H,12,13)/t6-,7+/m1/s1. The van der Waals surface area contributed by atoms with E-state index in [0.29, 0.717) is 6.42 Å². The lowest BCUT2D eigenvalue weighted by Crippen LogP contribution is -2.61. The number of hydrogen-bond donors (Lipinski definition) is 2. The third-order valence-corrected chi connectivity index (χ3v) is 2.08. The number of carbonyl (C=O) groups excluding carboxylic acids is 1. The largest absolute Gasteiger partial charge is 0.480 e. The number of aliphatic carboxylic acids is 1. The number of nitrogens with one attached hydrogen (secondary N) is 1. The van der Waals surface area contributed by atoms with Gasteiger partial charge in [-0.1, -0.05) is 11.6 Å². The summed E-state index contributed by atoms with van der Waals surface area (Å²) in [6.45, 7) is 3.85. The predicted octanol–water partition coefficient (Wildman–Crippen LogP) is 0.542. The number of carboxylic acids is 1. The number of rotatable bonds is 3. The Balaban J connectivity index is 2.53. The molecule has 0 radical (unpaired) electrons. The topological polar surface area (TPSA) is 66.4 Å². The SMILES string of the molecule is CC(C)=CC[C@H]1C(=O)N[C@@H]1C(=O)O. The van der Waals surface area contributed by atoms with E-state index in [9.17, 15) is 9.59 Å². The van der Waals surface area contributed by atoms with Gasteiger partial charge in [-0.05, 0) is 20.3 Å². The van der Waals surface area contributed by atoms with Gasteiger partial charge in [-0.3, -0.25) is 4.79 Å². The van der Waals surface area contributed by atoms with Crippen LogP contribution in [0.4, 0.5) is 0 Å². The number of amides is 1. The van der Waals surface area contributed by atoms with E-state index in [1.807, 2.05) is 19.9 Å². The van der Waals surface area contributed by atoms with Gasteiger partial charge in [0.25, 0.3) is 0 Å². The summed E-state index contributed by atoms with van der Waals surface area (Å²) in [7, 11) is 0. The molecular formula is C9H13NO3. The number of β-lactam (4-membered cyclic amide) rings is 1. The van der Waals surface area contributed by atoms with Crippen LogP contribution in [0, 0.1) is 5.92 Å². The molecule has 4 nitrogen and oxygen atoms in total. The lowest BCUT2D eigenvalue weighted by molar-refractivity contribution is -0.152. The molecule has 4 heteroatoms. The summed E-state index contributed by atoms with van der Waals surface area (Å²) in [4.78, 5) is 21.5. The molecule has 1 aliphatic heterocycles. The molecule has 72 valence electrons. The van der Waals surface area contributed by atoms with Crippen LogP contribution in [0.1, 0.15) is 20.3 Å². The van der Waals surface area contributed by atoms with Crippen molar-refractivity contribution >= 4 is 11.9 Å². The van der Waals surface area contributed by atoms with Crippen LogP contribution in [0.15, 0.2) is 11.6 Å². The molecule has 2 N–H and O–H groups in total. The highest BCUT2D eigenvalue weighted by atomic mass is 16.4. The van der Waals surface area contributed by atoms with Gasteiger partial charge in [0.2, 0.25) is 5.91 Å². The van der Waals surface area contributed by atoms with Crippen molar-refractivity contribution in [3.8, 4) is 0 Å². The summed E-state index contributed by atoms with van der Waals surface area (Å²) in [5.41, 5.74) is 1.10. The Bertz CT molecular complexity index is 266. The van der Waals surface area contributed by atoms with Crippen LogP contribution in [0.25, 0.3) is 0 Å². The Morgan fingerprint density at radius 3 is 2.62 bits per heavy atom. The minimum Gasteiger partial charge on any atom is -0.480 e. The molecule has 0 aromatic heterocycles. The van der Waals surface area contributed by atoms with Gasteiger partial charge in [0.1, 0.15) is 6.04 Å². The molecule has 0 unspecified atom stereocenters. The average Bonchev–Trinajstić information content (AvgIpc) is 1.99. The molecule has 13 heavy (non-hydrogen) atoms. The van der Waals surface area contributed by atoms with Crippen molar-refractivity contribution in [2.45, 2.75) is 26.3 Å². The quantitative estimate of drug-likeness (QED) is 0.495. The van der Waals surface area contributed by atoms with E-state index >= 15 is 0 Å². The Kier molecular flexibility index (Phi) is 2.70. The van der Waals surface area contributed by atoms with Gasteiger partial charge in [0.05, 0.1) is 5.92 Å². The Labute approximate surface area is 76.6 Å². The molecule has 1 heterocycles. The molecule has 0 spiro atoms. The zero-order valence-corrected chi connectivity index (χ0v) is 7.70. The molecule has 2 atom stereocenters. The number of carboxylic acid groups (broad SMARTS) is 1. The minimum atomic E-state index is -0.952. The molecule has 0 aromatic carbocycles. The van der Waals surface area contributed by atoms with Gasteiger partial charge in [-0.2, -0.15) is 0 Å². The van der Waals surface area contributed by atoms with E-state index in [1.54, 1.807) is 0 Å². The van der Waals surface area contributed by atoms with E-state index in [0.717, 1.165) is 5.57 Å². The molecule has 1 saturated heterocycles. The van der Waals surface area contributed by atoms with Crippen molar-refractivity contribution in [2.75, 3.05) is 0 Å². The zero-order valence-electron chi connectivity index (χ0n) is 7.70. The lowest BCUT2D eigenvalue weighted by atomic mass is 9.87. The van der Waals surface area contributed by atoms with Crippen LogP contribution >= 0.6 is 0 Å². The fourth-order valence-corrected chi connectivity index (χ4v) is 1.26. The van der Waals surface area contributed by atoms with Gasteiger partial charge in [-0.25, -0.2) is 4.79 Å². The first-order chi connectivity index (χ1) is 6.02. The smallest absolute Gasteiger partial charge is 0.327 e. The van der Waals surface area contributed by atoms with E-state index in [4.69, 9.17) is 5.11 Å². The highest BCUT2D eigenvalue weighted by Gasteiger charge is 2.43. The first-order valence-electron chi connectivity index (χ1n) is 4.19. The molecule has 0 bridgehead atoms. The molecule has 1 fully saturated rings. The minimum absolute atomic E-state index is 0.162. The van der Waals surface area contributed by atoms with Crippen molar-refractivity contribution in [1.29, 1.82) is 0 Å². The second kappa shape index (κ2) is 3.60. The summed E-state index contributed by atoms with van der Waals surface area (Å²) >= 11 is 0. The average molecular weight is 183 g/mol. The molecular weight excluding hydrogens is 170 g/mol. The third kappa shape index (κ3) is 2.08. The van der Waals surface area contributed by atoms with Crippen LogP contribution in [0.5, 0.6) is 0 Å². The monoisotopic (exact) mass is 183 g/mol. The summed E-state index contributed by atoms with van der Waals surface area (Å²) < 4.78 is 0. The first-order valence-corrected chi connectivity index (χ1v) is 4.19. The summed E-state index contributed by atoms with van der Waals surface area (Å²) in [5, 5.41) is 11.0. The Morgan fingerprint density at radius 1 is 1.62 bits per heavy atom. The normalized spacial score (nSPS) is 25.8. The maximum atomic E-state index is 11.0. The fourth-order valence-electron chi connectivity index (χ4n) is 1.26. The van der Waals surface area contributed by atoms with Gasteiger partial charge in [0.15, 0.2) is 0 Å². The van der Waals surface area contributed by atoms with Crippen molar-refractivity contribution in [2.24, 2.45) is 5.92 Å². The van der Waals surface area contributed by atoms with Crippen molar-refractivity contribution < 1.29 is 14.7 Å². The number of allylic oxidation sites excluding steroid dienone is 2. The fraction of sp³-hybridized carbons (Fsp3) is 0.556. The van der Waals surface area contributed by atoms with Crippen LogP contribution in [0.2, 0.25) is 0 Å². The van der Waals surface area contributed by atoms with E-state index in [1.165, 1.54) is 0 Å². The van der Waals surface area contributed by atoms with E-state index < -0.39 is 12.0 Å². The Hall–Kier alpha value is -1.32. The number of carbonyl (C=O) groups is 2. The maximum absolute atomic E-state index is 11.0. The van der Waals surface area contributed by atoms with Gasteiger partial charge in [0, 0.05) is 0 Å². The highest BCUT2D eigenvalue weighted by Crippen LogP contribution is 2.20. The van der Waals surface area contributed by atoms with Crippen molar-refractivity contribution in [3.05, 3.63) is 11.6 Å².